The van der Waals surface area contributed by atoms with Crippen molar-refractivity contribution < 1.29 is 23.1 Å². The predicted molar refractivity (Wildman–Crippen MR) is 88.9 cm³/mol. The van der Waals surface area contributed by atoms with E-state index >= 15 is 0 Å². The van der Waals surface area contributed by atoms with Crippen LogP contribution < -0.4 is 11.1 Å². The Labute approximate surface area is 145 Å². The van der Waals surface area contributed by atoms with E-state index in [4.69, 9.17) is 5.73 Å². The predicted octanol–water partition coefficient (Wildman–Crippen LogP) is 3.64. The number of aromatic hydroxyl groups is 1. The lowest BCUT2D eigenvalue weighted by atomic mass is 10.1. The molecule has 0 aliphatic heterocycles. The van der Waals surface area contributed by atoms with Gasteiger partial charge in [0.2, 0.25) is 5.91 Å². The van der Waals surface area contributed by atoms with Crippen molar-refractivity contribution in [1.82, 2.24) is 10.2 Å². The van der Waals surface area contributed by atoms with E-state index in [1.165, 1.54) is 12.1 Å². The van der Waals surface area contributed by atoms with Gasteiger partial charge in [-0.05, 0) is 42.5 Å². The maximum Gasteiger partial charge on any atom is 0.432 e. The molecule has 1 amide bonds. The van der Waals surface area contributed by atoms with E-state index in [1.807, 2.05) is 5.10 Å². The van der Waals surface area contributed by atoms with Gasteiger partial charge in [-0.15, -0.1) is 0 Å². The zero-order valence-corrected chi connectivity index (χ0v) is 13.1. The maximum absolute atomic E-state index is 12.6. The number of benzene rings is 2. The molecule has 6 nitrogen and oxygen atoms in total. The molecule has 9 heteroatoms. The number of nitrogens with one attached hydrogen (secondary N) is 2. The zero-order valence-electron chi connectivity index (χ0n) is 13.1. The highest BCUT2D eigenvalue weighted by Crippen LogP contribution is 2.35. The highest BCUT2D eigenvalue weighted by atomic mass is 19.4. The van der Waals surface area contributed by atoms with Crippen LogP contribution in [0.1, 0.15) is 16.1 Å². The number of amides is 1. The van der Waals surface area contributed by atoms with Gasteiger partial charge in [0, 0.05) is 28.6 Å². The number of phenolic OH excluding ortho intramolecular Hbond substituents is 1. The second kappa shape index (κ2) is 6.43. The van der Waals surface area contributed by atoms with E-state index in [0.717, 1.165) is 6.07 Å². The minimum absolute atomic E-state index is 0.0211. The number of aromatic amines is 1. The van der Waals surface area contributed by atoms with Crippen molar-refractivity contribution in [3.05, 3.63) is 59.8 Å². The molecule has 1 aromatic heterocycles. The number of H-pyrrole nitrogens is 1. The summed E-state index contributed by atoms with van der Waals surface area (Å²) in [7, 11) is 0. The summed E-state index contributed by atoms with van der Waals surface area (Å²) in [5, 5.41) is 18.6. The van der Waals surface area contributed by atoms with Crippen molar-refractivity contribution in [2.24, 2.45) is 5.73 Å². The Hall–Kier alpha value is -3.49. The summed E-state index contributed by atoms with van der Waals surface area (Å²) in [5.41, 5.74) is 5.81. The highest BCUT2D eigenvalue weighted by Gasteiger charge is 2.33. The normalized spacial score (nSPS) is 11.3. The van der Waals surface area contributed by atoms with E-state index in [2.05, 4.69) is 10.4 Å². The van der Waals surface area contributed by atoms with Crippen molar-refractivity contribution >= 4 is 17.3 Å². The van der Waals surface area contributed by atoms with Gasteiger partial charge in [-0.1, -0.05) is 0 Å². The Kier molecular flexibility index (Phi) is 4.29. The molecular weight excluding hydrogens is 349 g/mol. The van der Waals surface area contributed by atoms with Crippen molar-refractivity contribution in [2.75, 3.05) is 5.32 Å². The number of hydrogen-bond acceptors (Lipinski definition) is 4. The Balaban J connectivity index is 1.81. The summed E-state index contributed by atoms with van der Waals surface area (Å²) in [5.74, 6) is -0.778. The Morgan fingerprint density at radius 2 is 1.73 bits per heavy atom. The first-order chi connectivity index (χ1) is 12.2. The summed E-state index contributed by atoms with van der Waals surface area (Å²) in [6.45, 7) is 0. The van der Waals surface area contributed by atoms with Gasteiger partial charge < -0.3 is 16.2 Å². The van der Waals surface area contributed by atoms with Crippen LogP contribution in [0.5, 0.6) is 5.75 Å². The second-order valence-electron chi connectivity index (χ2n) is 5.46. The Morgan fingerprint density at radius 3 is 2.27 bits per heavy atom. The van der Waals surface area contributed by atoms with Gasteiger partial charge in [0.15, 0.2) is 0 Å². The molecular formula is C17H13F3N4O2. The summed E-state index contributed by atoms with van der Waals surface area (Å²) in [4.78, 5) is 11.0. The zero-order chi connectivity index (χ0) is 18.9. The number of rotatable bonds is 4. The third-order valence-corrected chi connectivity index (χ3v) is 3.62. The first kappa shape index (κ1) is 17.3. The van der Waals surface area contributed by atoms with Crippen LogP contribution in [0.25, 0.3) is 11.3 Å². The lowest BCUT2D eigenvalue weighted by molar-refractivity contribution is -0.141. The van der Waals surface area contributed by atoms with Crippen LogP contribution in [0.3, 0.4) is 0 Å². The number of phenols is 1. The van der Waals surface area contributed by atoms with E-state index in [0.29, 0.717) is 16.9 Å². The van der Waals surface area contributed by atoms with Gasteiger partial charge in [0.1, 0.15) is 11.4 Å². The second-order valence-corrected chi connectivity index (χ2v) is 5.46. The third kappa shape index (κ3) is 3.61. The van der Waals surface area contributed by atoms with Crippen LogP contribution in [0.4, 0.5) is 24.5 Å². The molecule has 0 aliphatic carbocycles. The average Bonchev–Trinajstić information content (AvgIpc) is 3.05. The molecule has 5 N–H and O–H groups in total. The van der Waals surface area contributed by atoms with Gasteiger partial charge in [-0.25, -0.2) is 0 Å². The Bertz CT molecular complexity index is 949. The number of halogens is 3. The average molecular weight is 362 g/mol. The van der Waals surface area contributed by atoms with Crippen molar-refractivity contribution in [1.29, 1.82) is 0 Å². The first-order valence-corrected chi connectivity index (χ1v) is 7.37. The summed E-state index contributed by atoms with van der Waals surface area (Å²) in [6.07, 6.45) is -4.54. The van der Waals surface area contributed by atoms with Crippen molar-refractivity contribution in [3.8, 4) is 17.0 Å². The lowest BCUT2D eigenvalue weighted by Crippen LogP contribution is -2.10. The van der Waals surface area contributed by atoms with E-state index < -0.39 is 17.8 Å². The molecule has 2 aromatic carbocycles. The summed E-state index contributed by atoms with van der Waals surface area (Å²) in [6, 6.07) is 11.6. The van der Waals surface area contributed by atoms with Gasteiger partial charge in [-0.3, -0.25) is 9.89 Å². The summed E-state index contributed by atoms with van der Waals surface area (Å²) < 4.78 is 37.9. The number of primary amides is 1. The van der Waals surface area contributed by atoms with E-state index in [9.17, 15) is 23.1 Å². The molecule has 0 radical (unpaired) electrons. The molecule has 0 atom stereocenters. The van der Waals surface area contributed by atoms with Crippen LogP contribution in [0, 0.1) is 0 Å². The molecule has 3 aromatic rings. The molecule has 1 heterocycles. The van der Waals surface area contributed by atoms with Crippen LogP contribution in [-0.4, -0.2) is 21.2 Å². The molecule has 26 heavy (non-hydrogen) atoms. The molecule has 0 saturated heterocycles. The van der Waals surface area contributed by atoms with Gasteiger partial charge >= 0.3 is 6.18 Å². The van der Waals surface area contributed by atoms with E-state index in [1.54, 1.807) is 30.3 Å². The topological polar surface area (TPSA) is 104 Å². The fraction of sp³-hybridized carbons (Fsp3) is 0.0588. The number of alkyl halides is 3. The largest absolute Gasteiger partial charge is 0.507 e. The third-order valence-electron chi connectivity index (χ3n) is 3.62. The fourth-order valence-electron chi connectivity index (χ4n) is 2.32. The van der Waals surface area contributed by atoms with Crippen LogP contribution in [-0.2, 0) is 6.18 Å². The molecule has 0 fully saturated rings. The number of carbonyl (C=O) groups excluding carboxylic acids is 1. The minimum Gasteiger partial charge on any atom is -0.507 e. The summed E-state index contributed by atoms with van der Waals surface area (Å²) >= 11 is 0. The molecule has 0 bridgehead atoms. The van der Waals surface area contributed by atoms with Crippen LogP contribution in [0.2, 0.25) is 0 Å². The number of hydrogen-bond donors (Lipinski definition) is 4. The number of nitrogens with zero attached hydrogens (tertiary/aromatic N) is 1. The van der Waals surface area contributed by atoms with Gasteiger partial charge in [-0.2, -0.15) is 18.3 Å². The Morgan fingerprint density at radius 1 is 1.08 bits per heavy atom. The van der Waals surface area contributed by atoms with E-state index in [-0.39, 0.29) is 17.0 Å². The van der Waals surface area contributed by atoms with Gasteiger partial charge in [0.05, 0.1) is 5.69 Å². The minimum atomic E-state index is -4.54. The number of nitrogens with two attached hydrogens (primary N) is 1. The number of carbonyl (C=O) groups is 1. The maximum atomic E-state index is 12.6. The number of aromatic nitrogens is 2. The van der Waals surface area contributed by atoms with Gasteiger partial charge in [0.25, 0.3) is 0 Å². The molecule has 3 rings (SSSR count). The van der Waals surface area contributed by atoms with Crippen molar-refractivity contribution in [2.45, 2.75) is 6.18 Å². The molecule has 134 valence electrons. The van der Waals surface area contributed by atoms with Crippen LogP contribution in [0.15, 0.2) is 48.5 Å². The quantitative estimate of drug-likeness (QED) is 0.569. The first-order valence-electron chi connectivity index (χ1n) is 7.37. The van der Waals surface area contributed by atoms with Crippen LogP contribution >= 0.6 is 0 Å². The fourth-order valence-corrected chi connectivity index (χ4v) is 2.32. The molecule has 0 unspecified atom stereocenters. The smallest absolute Gasteiger partial charge is 0.432 e. The highest BCUT2D eigenvalue weighted by molar-refractivity contribution is 5.93. The molecule has 0 spiro atoms. The monoisotopic (exact) mass is 362 g/mol. The standard InChI is InChI=1S/C17H13F3N4O2/c18-17(19,20)15-8-13(23-24-15)12-6-5-11(7-14(12)25)22-10-3-1-9(2-4-10)16(21)26/h1-8,22,25H,(H2,21,26)(H,23,24). The molecule has 0 saturated carbocycles. The molecule has 0 aliphatic rings. The SMILES string of the molecule is NC(=O)c1ccc(Nc2ccc(-c3cc(C(F)(F)F)[nH]n3)c(O)c2)cc1. The van der Waals surface area contributed by atoms with Crippen molar-refractivity contribution in [3.63, 3.8) is 0 Å². The number of anilines is 2. The lowest BCUT2D eigenvalue weighted by Gasteiger charge is -2.09.